The van der Waals surface area contributed by atoms with Gasteiger partial charge in [0.25, 0.3) is 0 Å². The van der Waals surface area contributed by atoms with E-state index in [4.69, 9.17) is 5.73 Å². The Morgan fingerprint density at radius 3 is 3.05 bits per heavy atom. The number of fused-ring (bicyclic) bond motifs is 1. The van der Waals surface area contributed by atoms with Crippen LogP contribution in [0.1, 0.15) is 23.2 Å². The van der Waals surface area contributed by atoms with Crippen LogP contribution in [0.5, 0.6) is 0 Å². The van der Waals surface area contributed by atoms with Gasteiger partial charge in [0.15, 0.2) is 0 Å². The van der Waals surface area contributed by atoms with Gasteiger partial charge in [0.05, 0.1) is 23.6 Å². The van der Waals surface area contributed by atoms with Gasteiger partial charge >= 0.3 is 0 Å². The van der Waals surface area contributed by atoms with Gasteiger partial charge < -0.3 is 16.4 Å². The van der Waals surface area contributed by atoms with Gasteiger partial charge in [-0.3, -0.25) is 9.78 Å². The molecule has 2 aromatic rings. The fraction of sp³-hybridized carbons (Fsp3) is 0.250. The summed E-state index contributed by atoms with van der Waals surface area (Å²) in [7, 11) is 0. The number of nitrogens with zero attached hydrogens (tertiary/aromatic N) is 1. The molecule has 0 atom stereocenters. The number of hydrogen-bond acceptors (Lipinski definition) is 4. The number of hydrogen-bond donors (Lipinski definition) is 3. The van der Waals surface area contributed by atoms with Crippen molar-refractivity contribution < 1.29 is 4.79 Å². The maximum absolute atomic E-state index is 11.5. The van der Waals surface area contributed by atoms with E-state index < -0.39 is 0 Å². The average molecular weight is 282 g/mol. The van der Waals surface area contributed by atoms with Crippen molar-refractivity contribution in [3.8, 4) is 0 Å². The Morgan fingerprint density at radius 1 is 1.38 bits per heavy atom. The largest absolute Gasteiger partial charge is 0.397 e. The van der Waals surface area contributed by atoms with Crippen LogP contribution in [0.15, 0.2) is 30.5 Å². The minimum Gasteiger partial charge on any atom is -0.397 e. The lowest BCUT2D eigenvalue weighted by Gasteiger charge is -2.20. The molecule has 0 radical (unpaired) electrons. The summed E-state index contributed by atoms with van der Waals surface area (Å²) in [5.41, 5.74) is 11.7. The molecule has 0 bridgehead atoms. The molecule has 4 N–H and O–H groups in total. The Labute approximate surface area is 123 Å². The normalized spacial score (nSPS) is 13.5. The van der Waals surface area contributed by atoms with Crippen molar-refractivity contribution in [3.63, 3.8) is 0 Å². The fourth-order valence-corrected chi connectivity index (χ4v) is 2.48. The van der Waals surface area contributed by atoms with E-state index in [-0.39, 0.29) is 5.91 Å². The highest BCUT2D eigenvalue weighted by Gasteiger charge is 2.16. The Hall–Kier alpha value is -2.56. The van der Waals surface area contributed by atoms with Crippen molar-refractivity contribution >= 4 is 23.0 Å². The number of aryl methyl sites for hydroxylation is 2. The van der Waals surface area contributed by atoms with E-state index in [0.29, 0.717) is 18.7 Å². The van der Waals surface area contributed by atoms with Gasteiger partial charge in [-0.1, -0.05) is 6.07 Å². The third-order valence-corrected chi connectivity index (χ3v) is 3.73. The van der Waals surface area contributed by atoms with E-state index >= 15 is 0 Å². The molecule has 0 unspecified atom stereocenters. The lowest BCUT2D eigenvalue weighted by atomic mass is 10.0. The highest BCUT2D eigenvalue weighted by Crippen LogP contribution is 2.31. The predicted octanol–water partition coefficient (Wildman–Crippen LogP) is 2.47. The van der Waals surface area contributed by atoms with Gasteiger partial charge in [-0.05, 0) is 42.7 Å². The minimum absolute atomic E-state index is 0.0544. The fourth-order valence-electron chi connectivity index (χ4n) is 2.48. The molecule has 2 heterocycles. The molecule has 1 aromatic heterocycles. The summed E-state index contributed by atoms with van der Waals surface area (Å²) >= 11 is 0. The highest BCUT2D eigenvalue weighted by atomic mass is 16.1. The topological polar surface area (TPSA) is 80.0 Å². The van der Waals surface area contributed by atoms with Gasteiger partial charge in [0, 0.05) is 18.3 Å². The first kappa shape index (κ1) is 13.4. The van der Waals surface area contributed by atoms with Gasteiger partial charge in [0.2, 0.25) is 5.91 Å². The number of nitrogen functional groups attached to an aromatic ring is 1. The summed E-state index contributed by atoms with van der Waals surface area (Å²) in [6.07, 6.45) is 3.04. The highest BCUT2D eigenvalue weighted by molar-refractivity contribution is 5.95. The molecule has 1 aliphatic rings. The third-order valence-electron chi connectivity index (χ3n) is 3.73. The number of rotatable bonds is 3. The van der Waals surface area contributed by atoms with Crippen LogP contribution in [-0.2, 0) is 17.8 Å². The second-order valence-corrected chi connectivity index (χ2v) is 5.27. The first-order valence-electron chi connectivity index (χ1n) is 7.00. The van der Waals surface area contributed by atoms with Crippen LogP contribution in [0.2, 0.25) is 0 Å². The average Bonchev–Trinajstić information content (AvgIpc) is 2.47. The number of nitrogens with one attached hydrogen (secondary N) is 2. The Bertz CT molecular complexity index is 697. The van der Waals surface area contributed by atoms with Gasteiger partial charge in [0.1, 0.15) is 0 Å². The molecule has 0 saturated heterocycles. The number of aromatic nitrogens is 1. The molecule has 1 amide bonds. The van der Waals surface area contributed by atoms with Crippen molar-refractivity contribution in [2.45, 2.75) is 26.3 Å². The lowest BCUT2D eigenvalue weighted by molar-refractivity contribution is -0.116. The summed E-state index contributed by atoms with van der Waals surface area (Å²) in [6, 6.07) is 7.78. The molecular formula is C16H18N4O. The van der Waals surface area contributed by atoms with Gasteiger partial charge in [-0.15, -0.1) is 0 Å². The number of benzene rings is 1. The van der Waals surface area contributed by atoms with Crippen molar-refractivity contribution in [3.05, 3.63) is 47.3 Å². The number of carbonyl (C=O) groups excluding carboxylic acids is 1. The summed E-state index contributed by atoms with van der Waals surface area (Å²) in [5.74, 6) is 0.0544. The van der Waals surface area contributed by atoms with Gasteiger partial charge in [-0.2, -0.15) is 0 Å². The third kappa shape index (κ3) is 2.81. The molecular weight excluding hydrogens is 264 g/mol. The van der Waals surface area contributed by atoms with E-state index in [9.17, 15) is 4.79 Å². The van der Waals surface area contributed by atoms with E-state index in [0.717, 1.165) is 34.6 Å². The van der Waals surface area contributed by atoms with Crippen molar-refractivity contribution in [1.29, 1.82) is 0 Å². The summed E-state index contributed by atoms with van der Waals surface area (Å²) in [4.78, 5) is 15.8. The quantitative estimate of drug-likeness (QED) is 0.755. The number of nitrogens with two attached hydrogens (primary N) is 1. The Balaban J connectivity index is 1.81. The van der Waals surface area contributed by atoms with E-state index in [1.165, 1.54) is 0 Å². The van der Waals surface area contributed by atoms with Crippen molar-refractivity contribution in [1.82, 2.24) is 4.98 Å². The molecule has 21 heavy (non-hydrogen) atoms. The van der Waals surface area contributed by atoms with Crippen LogP contribution >= 0.6 is 0 Å². The molecule has 0 fully saturated rings. The van der Waals surface area contributed by atoms with E-state index in [1.54, 1.807) is 6.20 Å². The zero-order valence-corrected chi connectivity index (χ0v) is 11.9. The number of anilines is 3. The standard InChI is InChI=1S/C16H18N4O/c1-10-3-2-6-18-15(10)9-19-14-8-13-11(7-12(14)17)4-5-16(21)20-13/h2-3,6-8,19H,4-5,9,17H2,1H3,(H,20,21). The molecule has 5 nitrogen and oxygen atoms in total. The smallest absolute Gasteiger partial charge is 0.224 e. The summed E-state index contributed by atoms with van der Waals surface area (Å²) < 4.78 is 0. The molecule has 0 saturated carbocycles. The molecule has 1 aliphatic heterocycles. The van der Waals surface area contributed by atoms with Crippen LogP contribution in [0.3, 0.4) is 0 Å². The monoisotopic (exact) mass is 282 g/mol. The second-order valence-electron chi connectivity index (χ2n) is 5.27. The number of amides is 1. The molecule has 108 valence electrons. The van der Waals surface area contributed by atoms with Crippen LogP contribution in [0.4, 0.5) is 17.1 Å². The first-order valence-corrected chi connectivity index (χ1v) is 7.00. The van der Waals surface area contributed by atoms with Crippen LogP contribution in [0.25, 0.3) is 0 Å². The summed E-state index contributed by atoms with van der Waals surface area (Å²) in [6.45, 7) is 2.63. The van der Waals surface area contributed by atoms with Crippen molar-refractivity contribution in [2.24, 2.45) is 0 Å². The van der Waals surface area contributed by atoms with Gasteiger partial charge in [-0.25, -0.2) is 0 Å². The number of carbonyl (C=O) groups is 1. The zero-order valence-electron chi connectivity index (χ0n) is 11.9. The predicted molar refractivity (Wildman–Crippen MR) is 84.1 cm³/mol. The van der Waals surface area contributed by atoms with Crippen LogP contribution in [-0.4, -0.2) is 10.9 Å². The molecule has 1 aromatic carbocycles. The minimum atomic E-state index is 0.0544. The SMILES string of the molecule is Cc1cccnc1CNc1cc2c(cc1N)CCC(=O)N2. The van der Waals surface area contributed by atoms with Crippen LogP contribution in [0, 0.1) is 6.92 Å². The van der Waals surface area contributed by atoms with E-state index in [2.05, 4.69) is 15.6 Å². The zero-order chi connectivity index (χ0) is 14.8. The lowest BCUT2D eigenvalue weighted by Crippen LogP contribution is -2.19. The molecule has 0 aliphatic carbocycles. The molecule has 5 heteroatoms. The molecule has 3 rings (SSSR count). The maximum atomic E-state index is 11.5. The van der Waals surface area contributed by atoms with Crippen molar-refractivity contribution in [2.75, 3.05) is 16.4 Å². The first-order chi connectivity index (χ1) is 10.1. The molecule has 0 spiro atoms. The van der Waals surface area contributed by atoms with E-state index in [1.807, 2.05) is 31.2 Å². The second kappa shape index (κ2) is 5.44. The Morgan fingerprint density at radius 2 is 2.24 bits per heavy atom. The maximum Gasteiger partial charge on any atom is 0.224 e. The summed E-state index contributed by atoms with van der Waals surface area (Å²) in [5, 5.41) is 6.18. The Kier molecular flexibility index (Phi) is 3.48. The van der Waals surface area contributed by atoms with Crippen LogP contribution < -0.4 is 16.4 Å². The number of pyridine rings is 1.